The summed E-state index contributed by atoms with van der Waals surface area (Å²) in [5, 5.41) is 11.7. The largest absolute Gasteiger partial charge is 0.297 e. The summed E-state index contributed by atoms with van der Waals surface area (Å²) in [4.78, 5) is 16.9. The monoisotopic (exact) mass is 468 g/mol. The van der Waals surface area contributed by atoms with Gasteiger partial charge >= 0.3 is 0 Å². The zero-order valence-corrected chi connectivity index (χ0v) is 18.4. The highest BCUT2D eigenvalue weighted by atomic mass is 79.9. The predicted octanol–water partition coefficient (Wildman–Crippen LogP) is 4.73. The van der Waals surface area contributed by atoms with Gasteiger partial charge in [-0.15, -0.1) is 5.10 Å². The first-order valence-corrected chi connectivity index (χ1v) is 10.4. The van der Waals surface area contributed by atoms with E-state index in [1.165, 1.54) is 0 Å². The van der Waals surface area contributed by atoms with Crippen LogP contribution in [0.25, 0.3) is 17.2 Å². The number of nitrogens with one attached hydrogen (secondary N) is 1. The average Bonchev–Trinajstić information content (AvgIpc) is 3.31. The topological polar surface area (TPSA) is 85.6 Å². The smallest absolute Gasteiger partial charge is 0.257 e. The van der Waals surface area contributed by atoms with Crippen molar-refractivity contribution in [2.24, 2.45) is 0 Å². The molecule has 0 unspecified atom stereocenters. The number of hydrogen-bond acceptors (Lipinski definition) is 6. The number of aromatic nitrogens is 5. The molecule has 2 aromatic heterocycles. The molecule has 0 saturated heterocycles. The minimum absolute atomic E-state index is 0.218. The van der Waals surface area contributed by atoms with Crippen LogP contribution < -0.4 is 5.32 Å². The summed E-state index contributed by atoms with van der Waals surface area (Å²) in [6.07, 6.45) is 0. The molecule has 0 bridgehead atoms. The van der Waals surface area contributed by atoms with Crippen LogP contribution in [-0.2, 0) is 0 Å². The number of rotatable bonds is 4. The Morgan fingerprint density at radius 1 is 1.10 bits per heavy atom. The lowest BCUT2D eigenvalue weighted by atomic mass is 10.1. The highest BCUT2D eigenvalue weighted by Gasteiger charge is 2.18. The summed E-state index contributed by atoms with van der Waals surface area (Å²) < 4.78 is 6.98. The number of nitrogens with zero attached hydrogens (tertiary/aromatic N) is 5. The number of benzene rings is 2. The summed E-state index contributed by atoms with van der Waals surface area (Å²) in [7, 11) is 0. The van der Waals surface area contributed by atoms with E-state index in [-0.39, 0.29) is 5.91 Å². The van der Waals surface area contributed by atoms with Gasteiger partial charge in [-0.25, -0.2) is 4.68 Å². The molecule has 2 aromatic carbocycles. The van der Waals surface area contributed by atoms with Crippen LogP contribution in [0, 0.1) is 20.8 Å². The Morgan fingerprint density at radius 3 is 2.66 bits per heavy atom. The van der Waals surface area contributed by atoms with Crippen LogP contribution >= 0.6 is 27.5 Å². The Labute approximate surface area is 180 Å². The quantitative estimate of drug-likeness (QED) is 0.467. The molecule has 0 fully saturated rings. The Hall–Kier alpha value is -2.91. The van der Waals surface area contributed by atoms with E-state index in [1.807, 2.05) is 57.2 Å². The van der Waals surface area contributed by atoms with Crippen molar-refractivity contribution in [3.05, 3.63) is 69.3 Å². The molecule has 0 aliphatic heterocycles. The third kappa shape index (κ3) is 3.83. The van der Waals surface area contributed by atoms with Crippen molar-refractivity contribution in [2.45, 2.75) is 20.8 Å². The van der Waals surface area contributed by atoms with Crippen molar-refractivity contribution in [3.63, 3.8) is 0 Å². The fourth-order valence-corrected chi connectivity index (χ4v) is 3.83. The van der Waals surface area contributed by atoms with Crippen LogP contribution in [0.4, 0.5) is 5.13 Å². The summed E-state index contributed by atoms with van der Waals surface area (Å²) in [6.45, 7) is 5.90. The molecule has 0 aliphatic carbocycles. The van der Waals surface area contributed by atoms with E-state index >= 15 is 0 Å². The van der Waals surface area contributed by atoms with Crippen molar-refractivity contribution in [1.82, 2.24) is 24.4 Å². The van der Waals surface area contributed by atoms with E-state index in [0.717, 1.165) is 38.5 Å². The molecule has 0 spiro atoms. The summed E-state index contributed by atoms with van der Waals surface area (Å²) in [6, 6.07) is 13.3. The zero-order valence-electron chi connectivity index (χ0n) is 16.0. The van der Waals surface area contributed by atoms with Gasteiger partial charge in [0.15, 0.2) is 11.5 Å². The lowest BCUT2D eigenvalue weighted by Gasteiger charge is -2.05. The molecule has 7 nitrogen and oxygen atoms in total. The van der Waals surface area contributed by atoms with Gasteiger partial charge in [0.05, 0.1) is 11.4 Å². The van der Waals surface area contributed by atoms with Gasteiger partial charge in [-0.2, -0.15) is 9.36 Å². The van der Waals surface area contributed by atoms with Crippen LogP contribution in [-0.4, -0.2) is 30.3 Å². The second-order valence-corrected chi connectivity index (χ2v) is 8.17. The maximum Gasteiger partial charge on any atom is 0.257 e. The normalized spacial score (nSPS) is 10.9. The molecule has 9 heteroatoms. The molecule has 0 aliphatic rings. The van der Waals surface area contributed by atoms with Crippen molar-refractivity contribution in [1.29, 1.82) is 0 Å². The second-order valence-electron chi connectivity index (χ2n) is 6.56. The summed E-state index contributed by atoms with van der Waals surface area (Å²) in [5.41, 5.74) is 5.05. The van der Waals surface area contributed by atoms with Gasteiger partial charge in [0.1, 0.15) is 0 Å². The molecule has 0 radical (unpaired) electrons. The summed E-state index contributed by atoms with van der Waals surface area (Å²) >= 11 is 4.64. The molecule has 146 valence electrons. The number of halogens is 1. The third-order valence-electron chi connectivity index (χ3n) is 4.60. The molecular formula is C20H17BrN6OS. The lowest BCUT2D eigenvalue weighted by Crippen LogP contribution is -2.12. The Balaban J connectivity index is 1.57. The fourth-order valence-electron chi connectivity index (χ4n) is 2.81. The van der Waals surface area contributed by atoms with E-state index in [2.05, 4.69) is 40.9 Å². The van der Waals surface area contributed by atoms with Crippen LogP contribution in [0.3, 0.4) is 0 Å². The Kier molecular flexibility index (Phi) is 5.25. The number of hydrogen-bond donors (Lipinski definition) is 1. The minimum Gasteiger partial charge on any atom is -0.297 e. The van der Waals surface area contributed by atoms with E-state index in [4.69, 9.17) is 0 Å². The van der Waals surface area contributed by atoms with Crippen LogP contribution in [0.15, 0.2) is 46.9 Å². The first-order valence-electron chi connectivity index (χ1n) is 8.84. The number of para-hydroxylation sites is 1. The molecular weight excluding hydrogens is 452 g/mol. The number of aryl methyl sites for hydroxylation is 2. The maximum absolute atomic E-state index is 12.5. The van der Waals surface area contributed by atoms with Crippen molar-refractivity contribution < 1.29 is 4.79 Å². The van der Waals surface area contributed by atoms with Gasteiger partial charge in [-0.1, -0.05) is 23.4 Å². The molecule has 2 heterocycles. The first kappa shape index (κ1) is 19.4. The third-order valence-corrected chi connectivity index (χ3v) is 5.90. The van der Waals surface area contributed by atoms with E-state index < -0.39 is 0 Å². The van der Waals surface area contributed by atoms with Crippen molar-refractivity contribution in [2.75, 3.05) is 5.32 Å². The number of carbonyl (C=O) groups excluding carboxylic acids is 1. The van der Waals surface area contributed by atoms with E-state index in [0.29, 0.717) is 22.2 Å². The average molecular weight is 469 g/mol. The molecule has 4 rings (SSSR count). The Morgan fingerprint density at radius 2 is 1.90 bits per heavy atom. The van der Waals surface area contributed by atoms with Crippen molar-refractivity contribution in [3.8, 4) is 17.2 Å². The minimum atomic E-state index is -0.218. The first-order chi connectivity index (χ1) is 13.9. The highest BCUT2D eigenvalue weighted by Crippen LogP contribution is 2.26. The molecule has 1 amide bonds. The van der Waals surface area contributed by atoms with Gasteiger partial charge < -0.3 is 0 Å². The van der Waals surface area contributed by atoms with Gasteiger partial charge in [0.2, 0.25) is 5.13 Å². The molecule has 0 saturated carbocycles. The lowest BCUT2D eigenvalue weighted by molar-refractivity contribution is 0.102. The van der Waals surface area contributed by atoms with Crippen LogP contribution in [0.2, 0.25) is 0 Å². The molecule has 29 heavy (non-hydrogen) atoms. The van der Waals surface area contributed by atoms with Crippen LogP contribution in [0.1, 0.15) is 27.2 Å². The molecule has 1 N–H and O–H groups in total. The Bertz CT molecular complexity index is 1220. The van der Waals surface area contributed by atoms with Crippen molar-refractivity contribution >= 4 is 38.5 Å². The maximum atomic E-state index is 12.5. The zero-order chi connectivity index (χ0) is 20.5. The summed E-state index contributed by atoms with van der Waals surface area (Å²) in [5.74, 6) is 0.214. The predicted molar refractivity (Wildman–Crippen MR) is 117 cm³/mol. The van der Waals surface area contributed by atoms with Gasteiger partial charge in [-0.3, -0.25) is 10.1 Å². The number of anilines is 1. The second kappa shape index (κ2) is 7.84. The molecule has 4 aromatic rings. The standard InChI is InChI=1S/C20H17BrN6OS/c1-11-8-9-14(10-12(11)2)19(28)23-20-22-18(25-29-20)17-13(3)27(26-24-17)16-7-5-4-6-15(16)21/h4-10H,1-3H3,(H,22,23,25,28). The SMILES string of the molecule is Cc1ccc(C(=O)Nc2nc(-c3nnn(-c4ccccc4Br)c3C)ns2)cc1C. The van der Waals surface area contributed by atoms with Gasteiger partial charge in [-0.05, 0) is 72.1 Å². The highest BCUT2D eigenvalue weighted by molar-refractivity contribution is 9.10. The van der Waals surface area contributed by atoms with Crippen LogP contribution in [0.5, 0.6) is 0 Å². The number of carbonyl (C=O) groups is 1. The van der Waals surface area contributed by atoms with E-state index in [9.17, 15) is 4.79 Å². The molecule has 0 atom stereocenters. The van der Waals surface area contributed by atoms with Gasteiger partial charge in [0.25, 0.3) is 5.91 Å². The fraction of sp³-hybridized carbons (Fsp3) is 0.150. The number of amides is 1. The van der Waals surface area contributed by atoms with Gasteiger partial charge in [0, 0.05) is 21.6 Å². The van der Waals surface area contributed by atoms with E-state index in [1.54, 1.807) is 10.7 Å².